The minimum atomic E-state index is -0.415. The maximum atomic E-state index is 12.7. The molecule has 23 heavy (non-hydrogen) atoms. The second-order valence-electron chi connectivity index (χ2n) is 5.64. The van der Waals surface area contributed by atoms with Crippen LogP contribution in [0.15, 0.2) is 48.5 Å². The fraction of sp³-hybridized carbons (Fsp3) is 0.316. The molecule has 2 aromatic rings. The summed E-state index contributed by atoms with van der Waals surface area (Å²) >= 11 is 0. The number of carbonyl (C=O) groups excluding carboxylic acids is 1. The van der Waals surface area contributed by atoms with Gasteiger partial charge in [0.1, 0.15) is 30.6 Å². The lowest BCUT2D eigenvalue weighted by molar-refractivity contribution is -0.655. The molecule has 0 bridgehead atoms. The molecule has 3 rings (SSSR count). The van der Waals surface area contributed by atoms with E-state index in [1.54, 1.807) is 0 Å². The van der Waals surface area contributed by atoms with E-state index < -0.39 is 5.92 Å². The molecule has 0 atom stereocenters. The molecule has 0 amide bonds. The Balaban J connectivity index is 1.79. The van der Waals surface area contributed by atoms with Crippen molar-refractivity contribution < 1.29 is 19.6 Å². The molecule has 2 N–H and O–H groups in total. The van der Waals surface area contributed by atoms with Crippen molar-refractivity contribution in [2.75, 3.05) is 19.7 Å². The number of para-hydroxylation sites is 2. The van der Waals surface area contributed by atoms with E-state index in [0.29, 0.717) is 6.61 Å². The van der Waals surface area contributed by atoms with Crippen LogP contribution in [0.4, 0.5) is 0 Å². The van der Waals surface area contributed by atoms with E-state index in [1.165, 1.54) is 0 Å². The fourth-order valence-electron chi connectivity index (χ4n) is 2.84. The van der Waals surface area contributed by atoms with Crippen molar-refractivity contribution in [3.05, 3.63) is 59.7 Å². The number of ether oxygens (including phenoxy) is 2. The number of nitrogens with two attached hydrogens (primary N) is 1. The second kappa shape index (κ2) is 7.29. The molecule has 0 saturated heterocycles. The summed E-state index contributed by atoms with van der Waals surface area (Å²) in [5, 5.41) is 2.17. The Kier molecular flexibility index (Phi) is 4.93. The van der Waals surface area contributed by atoms with Crippen LogP contribution in [-0.4, -0.2) is 25.7 Å². The third-order valence-electron chi connectivity index (χ3n) is 3.97. The number of rotatable bonds is 6. The van der Waals surface area contributed by atoms with Gasteiger partial charge in [0.2, 0.25) is 0 Å². The van der Waals surface area contributed by atoms with E-state index in [4.69, 9.17) is 9.47 Å². The molecule has 0 unspecified atom stereocenters. The minimum absolute atomic E-state index is 0.210. The molecule has 4 heteroatoms. The highest BCUT2D eigenvalue weighted by Crippen LogP contribution is 2.44. The smallest absolute Gasteiger partial charge is 0.318 e. The Morgan fingerprint density at radius 1 is 1.04 bits per heavy atom. The van der Waals surface area contributed by atoms with Crippen LogP contribution in [0, 0.1) is 0 Å². The lowest BCUT2D eigenvalue weighted by Gasteiger charge is -2.26. The first-order valence-corrected chi connectivity index (χ1v) is 8.15. The number of quaternary nitrogens is 1. The maximum absolute atomic E-state index is 12.7. The van der Waals surface area contributed by atoms with Gasteiger partial charge in [0, 0.05) is 11.1 Å². The summed E-state index contributed by atoms with van der Waals surface area (Å²) in [6.45, 7) is 4.42. The molecular formula is C19H22NO3+. The molecule has 0 fully saturated rings. The number of benzene rings is 2. The summed E-state index contributed by atoms with van der Waals surface area (Å²) in [6.07, 6.45) is 1.12. The number of hydrogen-bond acceptors (Lipinski definition) is 3. The molecule has 1 heterocycles. The molecule has 120 valence electrons. The average molecular weight is 312 g/mol. The van der Waals surface area contributed by atoms with E-state index in [1.807, 2.05) is 48.5 Å². The Morgan fingerprint density at radius 3 is 2.26 bits per heavy atom. The molecule has 0 saturated carbocycles. The van der Waals surface area contributed by atoms with E-state index in [0.717, 1.165) is 42.1 Å². The first-order chi connectivity index (χ1) is 11.3. The van der Waals surface area contributed by atoms with Gasteiger partial charge < -0.3 is 14.8 Å². The minimum Gasteiger partial charge on any atom is -0.459 e. The van der Waals surface area contributed by atoms with Crippen LogP contribution in [0.5, 0.6) is 11.5 Å². The zero-order valence-corrected chi connectivity index (χ0v) is 13.3. The Morgan fingerprint density at radius 2 is 1.65 bits per heavy atom. The monoisotopic (exact) mass is 312 g/mol. The van der Waals surface area contributed by atoms with Crippen molar-refractivity contribution in [2.24, 2.45) is 0 Å². The van der Waals surface area contributed by atoms with Gasteiger partial charge in [0.05, 0.1) is 6.54 Å². The molecular weight excluding hydrogens is 290 g/mol. The summed E-state index contributed by atoms with van der Waals surface area (Å²) < 4.78 is 11.4. The van der Waals surface area contributed by atoms with Crippen LogP contribution < -0.4 is 10.1 Å². The highest BCUT2D eigenvalue weighted by molar-refractivity contribution is 5.85. The van der Waals surface area contributed by atoms with Gasteiger partial charge in [-0.25, -0.2) is 0 Å². The van der Waals surface area contributed by atoms with Gasteiger partial charge in [-0.3, -0.25) is 4.79 Å². The highest BCUT2D eigenvalue weighted by Gasteiger charge is 2.33. The van der Waals surface area contributed by atoms with Crippen molar-refractivity contribution in [3.8, 4) is 11.5 Å². The predicted molar refractivity (Wildman–Crippen MR) is 87.7 cm³/mol. The van der Waals surface area contributed by atoms with Crippen molar-refractivity contribution in [1.82, 2.24) is 0 Å². The summed E-state index contributed by atoms with van der Waals surface area (Å²) in [5.74, 6) is 0.830. The molecule has 2 aromatic carbocycles. The number of hydrogen-bond donors (Lipinski definition) is 1. The van der Waals surface area contributed by atoms with E-state index in [2.05, 4.69) is 12.2 Å². The Labute approximate surface area is 136 Å². The number of esters is 1. The summed E-state index contributed by atoms with van der Waals surface area (Å²) in [4.78, 5) is 12.7. The van der Waals surface area contributed by atoms with Gasteiger partial charge in [-0.15, -0.1) is 0 Å². The molecule has 0 aromatic heterocycles. The van der Waals surface area contributed by atoms with Gasteiger partial charge in [-0.2, -0.15) is 0 Å². The molecule has 1 aliphatic rings. The van der Waals surface area contributed by atoms with E-state index >= 15 is 0 Å². The van der Waals surface area contributed by atoms with Gasteiger partial charge in [-0.05, 0) is 18.6 Å². The van der Waals surface area contributed by atoms with Crippen molar-refractivity contribution in [3.63, 3.8) is 0 Å². The highest BCUT2D eigenvalue weighted by atomic mass is 16.5. The van der Waals surface area contributed by atoms with Crippen LogP contribution in [0.3, 0.4) is 0 Å². The lowest BCUT2D eigenvalue weighted by Crippen LogP contribution is -2.85. The largest absolute Gasteiger partial charge is 0.459 e. The predicted octanol–water partition coefficient (Wildman–Crippen LogP) is 2.44. The first kappa shape index (κ1) is 15.6. The van der Waals surface area contributed by atoms with Crippen LogP contribution in [0.1, 0.15) is 30.4 Å². The molecule has 0 radical (unpaired) electrons. The summed E-state index contributed by atoms with van der Waals surface area (Å²) in [6, 6.07) is 15.3. The van der Waals surface area contributed by atoms with Crippen LogP contribution in [0.2, 0.25) is 0 Å². The quantitative estimate of drug-likeness (QED) is 0.658. The van der Waals surface area contributed by atoms with Crippen LogP contribution in [-0.2, 0) is 9.53 Å². The summed E-state index contributed by atoms with van der Waals surface area (Å²) in [5.41, 5.74) is 1.74. The lowest BCUT2D eigenvalue weighted by atomic mass is 9.88. The summed E-state index contributed by atoms with van der Waals surface area (Å²) in [7, 11) is 0. The van der Waals surface area contributed by atoms with Crippen LogP contribution in [0.25, 0.3) is 0 Å². The Bertz CT molecular complexity index is 638. The third kappa shape index (κ3) is 3.37. The molecule has 0 spiro atoms. The standard InChI is InChI=1S/C19H21NO3/c1-2-11-20-12-13-22-19(21)18-14-7-3-5-9-16(14)23-17-10-6-4-8-15(17)18/h3-10,18,20H,2,11-13H2,1H3/p+1. The first-order valence-electron chi connectivity index (χ1n) is 8.15. The van der Waals surface area contributed by atoms with Gasteiger partial charge in [0.25, 0.3) is 0 Å². The molecule has 0 aliphatic carbocycles. The second-order valence-corrected chi connectivity index (χ2v) is 5.64. The van der Waals surface area contributed by atoms with Gasteiger partial charge in [-0.1, -0.05) is 43.3 Å². The topological polar surface area (TPSA) is 52.1 Å². The van der Waals surface area contributed by atoms with E-state index in [-0.39, 0.29) is 5.97 Å². The zero-order chi connectivity index (χ0) is 16.1. The van der Waals surface area contributed by atoms with E-state index in [9.17, 15) is 4.79 Å². The van der Waals surface area contributed by atoms with Gasteiger partial charge in [0.15, 0.2) is 0 Å². The molecule has 4 nitrogen and oxygen atoms in total. The van der Waals surface area contributed by atoms with Crippen molar-refractivity contribution in [1.29, 1.82) is 0 Å². The van der Waals surface area contributed by atoms with Gasteiger partial charge >= 0.3 is 5.97 Å². The van der Waals surface area contributed by atoms with Crippen molar-refractivity contribution in [2.45, 2.75) is 19.3 Å². The zero-order valence-electron chi connectivity index (χ0n) is 13.3. The van der Waals surface area contributed by atoms with Crippen molar-refractivity contribution >= 4 is 5.97 Å². The Hall–Kier alpha value is -2.33. The normalized spacial score (nSPS) is 12.9. The average Bonchev–Trinajstić information content (AvgIpc) is 2.59. The number of fused-ring (bicyclic) bond motifs is 2. The molecule has 1 aliphatic heterocycles. The SMILES string of the molecule is CCC[NH2+]CCOC(=O)C1c2ccccc2Oc2ccccc21. The third-order valence-corrected chi connectivity index (χ3v) is 3.97. The number of carbonyl (C=O) groups is 1. The maximum Gasteiger partial charge on any atom is 0.318 e. The van der Waals surface area contributed by atoms with Crippen LogP contribution >= 0.6 is 0 Å². The fourth-order valence-corrected chi connectivity index (χ4v) is 2.84.